The number of carbonyl (C=O) groups excluding carboxylic acids is 1. The standard InChI is InChI=1S/C15H13N3O3/c1-8-4-3-5-10(6-8)18-14(20)11-9(2)21-15-12(11)13(19)16-7-17-15/h3-7H,1-2H3,(H,18,20)(H,16,17,19). The van der Waals surface area contributed by atoms with Crippen LogP contribution >= 0.6 is 0 Å². The number of H-pyrrole nitrogens is 1. The van der Waals surface area contributed by atoms with Gasteiger partial charge >= 0.3 is 0 Å². The van der Waals surface area contributed by atoms with E-state index < -0.39 is 11.5 Å². The quantitative estimate of drug-likeness (QED) is 0.755. The van der Waals surface area contributed by atoms with Gasteiger partial charge in [-0.3, -0.25) is 9.59 Å². The first-order chi connectivity index (χ1) is 10.1. The topological polar surface area (TPSA) is 88.0 Å². The molecule has 2 heterocycles. The van der Waals surface area contributed by atoms with Gasteiger partial charge in [-0.15, -0.1) is 0 Å². The summed E-state index contributed by atoms with van der Waals surface area (Å²) in [5, 5.41) is 2.93. The van der Waals surface area contributed by atoms with Crippen molar-refractivity contribution < 1.29 is 9.21 Å². The fourth-order valence-electron chi connectivity index (χ4n) is 2.24. The molecule has 1 amide bonds. The molecule has 0 radical (unpaired) electrons. The van der Waals surface area contributed by atoms with Gasteiger partial charge in [-0.25, -0.2) is 4.98 Å². The maximum atomic E-state index is 12.4. The highest BCUT2D eigenvalue weighted by Gasteiger charge is 2.21. The summed E-state index contributed by atoms with van der Waals surface area (Å²) in [4.78, 5) is 30.7. The van der Waals surface area contributed by atoms with Crippen LogP contribution in [0.25, 0.3) is 11.1 Å². The normalized spacial score (nSPS) is 10.8. The molecule has 0 aliphatic heterocycles. The lowest BCUT2D eigenvalue weighted by Gasteiger charge is -2.05. The van der Waals surface area contributed by atoms with Crippen molar-refractivity contribution in [2.24, 2.45) is 0 Å². The zero-order valence-corrected chi connectivity index (χ0v) is 11.6. The lowest BCUT2D eigenvalue weighted by Crippen LogP contribution is -2.16. The van der Waals surface area contributed by atoms with Crippen LogP contribution in [0, 0.1) is 13.8 Å². The van der Waals surface area contributed by atoms with E-state index in [2.05, 4.69) is 15.3 Å². The van der Waals surface area contributed by atoms with Crippen molar-refractivity contribution in [2.45, 2.75) is 13.8 Å². The average Bonchev–Trinajstić information content (AvgIpc) is 2.76. The van der Waals surface area contributed by atoms with Crippen LogP contribution in [-0.2, 0) is 0 Å². The Labute approximate surface area is 119 Å². The predicted molar refractivity (Wildman–Crippen MR) is 78.5 cm³/mol. The first kappa shape index (κ1) is 13.1. The van der Waals surface area contributed by atoms with Crippen LogP contribution < -0.4 is 10.9 Å². The number of nitrogens with one attached hydrogen (secondary N) is 2. The van der Waals surface area contributed by atoms with E-state index in [9.17, 15) is 9.59 Å². The number of carbonyl (C=O) groups is 1. The number of benzene rings is 1. The van der Waals surface area contributed by atoms with Crippen LogP contribution in [0.2, 0.25) is 0 Å². The van der Waals surface area contributed by atoms with Gasteiger partial charge in [0.1, 0.15) is 11.1 Å². The summed E-state index contributed by atoms with van der Waals surface area (Å²) in [6, 6.07) is 7.41. The molecule has 0 aliphatic rings. The van der Waals surface area contributed by atoms with Gasteiger partial charge in [-0.1, -0.05) is 12.1 Å². The van der Waals surface area contributed by atoms with E-state index in [1.54, 1.807) is 13.0 Å². The van der Waals surface area contributed by atoms with Crippen molar-refractivity contribution in [3.63, 3.8) is 0 Å². The van der Waals surface area contributed by atoms with E-state index in [-0.39, 0.29) is 16.7 Å². The summed E-state index contributed by atoms with van der Waals surface area (Å²) in [7, 11) is 0. The lowest BCUT2D eigenvalue weighted by molar-refractivity contribution is 0.102. The highest BCUT2D eigenvalue weighted by Crippen LogP contribution is 2.22. The second kappa shape index (κ2) is 4.90. The molecule has 106 valence electrons. The van der Waals surface area contributed by atoms with E-state index in [4.69, 9.17) is 4.42 Å². The Hall–Kier alpha value is -2.89. The molecule has 0 unspecified atom stereocenters. The third-order valence-corrected chi connectivity index (χ3v) is 3.17. The Kier molecular flexibility index (Phi) is 3.06. The molecule has 1 aromatic carbocycles. The van der Waals surface area contributed by atoms with Gasteiger partial charge in [-0.05, 0) is 31.5 Å². The van der Waals surface area contributed by atoms with Crippen LogP contribution in [0.3, 0.4) is 0 Å². The Balaban J connectivity index is 2.06. The molecule has 2 N–H and O–H groups in total. The molecule has 0 bridgehead atoms. The van der Waals surface area contributed by atoms with E-state index in [0.717, 1.165) is 5.56 Å². The van der Waals surface area contributed by atoms with E-state index in [1.165, 1.54) is 6.33 Å². The summed E-state index contributed by atoms with van der Waals surface area (Å²) in [6.45, 7) is 3.56. The molecule has 3 aromatic rings. The predicted octanol–water partition coefficient (Wildman–Crippen LogP) is 2.39. The summed E-state index contributed by atoms with van der Waals surface area (Å²) < 4.78 is 5.37. The van der Waals surface area contributed by atoms with Crippen LogP contribution in [0.5, 0.6) is 0 Å². The lowest BCUT2D eigenvalue weighted by atomic mass is 10.1. The largest absolute Gasteiger partial charge is 0.442 e. The first-order valence-electron chi connectivity index (χ1n) is 6.41. The minimum atomic E-state index is -0.397. The van der Waals surface area contributed by atoms with Gasteiger partial charge in [-0.2, -0.15) is 0 Å². The SMILES string of the molecule is Cc1cccc(NC(=O)c2c(C)oc3nc[nH]c(=O)c23)c1. The fraction of sp³-hybridized carbons (Fsp3) is 0.133. The maximum absolute atomic E-state index is 12.4. The maximum Gasteiger partial charge on any atom is 0.262 e. The minimum absolute atomic E-state index is 0.158. The summed E-state index contributed by atoms with van der Waals surface area (Å²) in [5.41, 5.74) is 1.66. The van der Waals surface area contributed by atoms with Crippen molar-refractivity contribution in [1.29, 1.82) is 0 Å². The second-order valence-electron chi connectivity index (χ2n) is 4.77. The number of hydrogen-bond donors (Lipinski definition) is 2. The molecule has 0 fully saturated rings. The fourth-order valence-corrected chi connectivity index (χ4v) is 2.24. The van der Waals surface area contributed by atoms with E-state index in [0.29, 0.717) is 11.4 Å². The van der Waals surface area contributed by atoms with Crippen LogP contribution in [-0.4, -0.2) is 15.9 Å². The molecule has 0 saturated heterocycles. The zero-order valence-electron chi connectivity index (χ0n) is 11.6. The Morgan fingerprint density at radius 2 is 2.14 bits per heavy atom. The van der Waals surface area contributed by atoms with Gasteiger partial charge in [0.15, 0.2) is 0 Å². The molecular weight excluding hydrogens is 270 g/mol. The van der Waals surface area contributed by atoms with Crippen LogP contribution in [0.1, 0.15) is 21.7 Å². The third-order valence-electron chi connectivity index (χ3n) is 3.17. The molecule has 3 rings (SSSR count). The van der Waals surface area contributed by atoms with Crippen molar-refractivity contribution in [3.05, 3.63) is 57.8 Å². The van der Waals surface area contributed by atoms with Crippen LogP contribution in [0.15, 0.2) is 39.8 Å². The van der Waals surface area contributed by atoms with Crippen LogP contribution in [0.4, 0.5) is 5.69 Å². The molecule has 0 spiro atoms. The number of furan rings is 1. The summed E-state index contributed by atoms with van der Waals surface area (Å²) >= 11 is 0. The number of hydrogen-bond acceptors (Lipinski definition) is 4. The zero-order chi connectivity index (χ0) is 15.0. The number of rotatable bonds is 2. The summed E-state index contributed by atoms with van der Waals surface area (Å²) in [6.07, 6.45) is 1.25. The first-order valence-corrected chi connectivity index (χ1v) is 6.41. The highest BCUT2D eigenvalue weighted by atomic mass is 16.3. The van der Waals surface area contributed by atoms with Crippen molar-refractivity contribution in [3.8, 4) is 0 Å². The molecule has 0 saturated carbocycles. The Morgan fingerprint density at radius 3 is 2.90 bits per heavy atom. The monoisotopic (exact) mass is 283 g/mol. The van der Waals surface area contributed by atoms with Crippen molar-refractivity contribution in [2.75, 3.05) is 5.32 Å². The second-order valence-corrected chi connectivity index (χ2v) is 4.77. The average molecular weight is 283 g/mol. The van der Waals surface area contributed by atoms with E-state index in [1.807, 2.05) is 25.1 Å². The minimum Gasteiger partial charge on any atom is -0.442 e. The molecular formula is C15H13N3O3. The van der Waals surface area contributed by atoms with E-state index >= 15 is 0 Å². The number of anilines is 1. The molecule has 0 aliphatic carbocycles. The molecule has 21 heavy (non-hydrogen) atoms. The third kappa shape index (κ3) is 2.31. The number of aromatic amines is 1. The van der Waals surface area contributed by atoms with Crippen molar-refractivity contribution in [1.82, 2.24) is 9.97 Å². The Morgan fingerprint density at radius 1 is 1.33 bits per heavy atom. The number of nitrogens with zero attached hydrogens (tertiary/aromatic N) is 1. The molecule has 6 heteroatoms. The van der Waals surface area contributed by atoms with Crippen molar-refractivity contribution >= 4 is 22.7 Å². The molecule has 6 nitrogen and oxygen atoms in total. The van der Waals surface area contributed by atoms with Gasteiger partial charge in [0.25, 0.3) is 11.5 Å². The number of fused-ring (bicyclic) bond motifs is 1. The smallest absolute Gasteiger partial charge is 0.262 e. The van der Waals surface area contributed by atoms with Gasteiger partial charge in [0, 0.05) is 5.69 Å². The van der Waals surface area contributed by atoms with Gasteiger partial charge in [0.05, 0.1) is 11.9 Å². The number of amides is 1. The van der Waals surface area contributed by atoms with Gasteiger partial charge < -0.3 is 14.7 Å². The Bertz CT molecular complexity index is 893. The highest BCUT2D eigenvalue weighted by molar-refractivity contribution is 6.12. The number of aryl methyl sites for hydroxylation is 2. The number of aromatic nitrogens is 2. The molecule has 0 atom stereocenters. The molecule has 2 aromatic heterocycles. The summed E-state index contributed by atoms with van der Waals surface area (Å²) in [5.74, 6) is -0.0327. The van der Waals surface area contributed by atoms with Gasteiger partial charge in [0.2, 0.25) is 5.71 Å².